The van der Waals surface area contributed by atoms with Crippen molar-refractivity contribution in [1.29, 1.82) is 0 Å². The topological polar surface area (TPSA) is 22.1 Å². The number of aromatic nitrogens is 1. The number of pyridine rings is 1. The van der Waals surface area contributed by atoms with Crippen LogP contribution in [0, 0.1) is 6.92 Å². The summed E-state index contributed by atoms with van der Waals surface area (Å²) in [5.41, 5.74) is 1.71. The summed E-state index contributed by atoms with van der Waals surface area (Å²) in [5, 5.41) is 1.56. The molecule has 78 valence electrons. The number of aryl methyl sites for hydroxylation is 1. The van der Waals surface area contributed by atoms with Gasteiger partial charge in [-0.2, -0.15) is 0 Å². The number of halogens is 2. The Kier molecular flexibility index (Phi) is 2.85. The molecule has 0 saturated carbocycles. The molecule has 2 rings (SSSR count). The van der Waals surface area contributed by atoms with E-state index in [0.717, 1.165) is 26.8 Å². The summed E-state index contributed by atoms with van der Waals surface area (Å²) in [5.74, 6) is 0.735. The second-order valence-electron chi connectivity index (χ2n) is 3.22. The molecule has 0 aliphatic heterocycles. The van der Waals surface area contributed by atoms with Crippen molar-refractivity contribution < 1.29 is 4.74 Å². The fraction of sp³-hybridized carbons (Fsp3) is 0.182. The second kappa shape index (κ2) is 3.99. The van der Waals surface area contributed by atoms with E-state index < -0.39 is 0 Å². The molecule has 1 heterocycles. The monoisotopic (exact) mass is 285 g/mol. The zero-order valence-corrected chi connectivity index (χ0v) is 10.7. The normalized spacial score (nSPS) is 10.7. The lowest BCUT2D eigenvalue weighted by Crippen LogP contribution is -1.91. The van der Waals surface area contributed by atoms with E-state index in [2.05, 4.69) is 20.9 Å². The van der Waals surface area contributed by atoms with E-state index in [-0.39, 0.29) is 0 Å². The minimum absolute atomic E-state index is 0.671. The van der Waals surface area contributed by atoms with Crippen molar-refractivity contribution >= 4 is 38.4 Å². The number of nitrogens with zero attached hydrogens (tertiary/aromatic N) is 1. The van der Waals surface area contributed by atoms with Gasteiger partial charge in [0.05, 0.1) is 12.1 Å². The minimum Gasteiger partial charge on any atom is -0.494 e. The molecule has 0 radical (unpaired) electrons. The van der Waals surface area contributed by atoms with Crippen LogP contribution >= 0.6 is 27.5 Å². The molecule has 2 nitrogen and oxygen atoms in total. The van der Waals surface area contributed by atoms with Crippen molar-refractivity contribution in [2.75, 3.05) is 7.11 Å². The molecule has 0 aliphatic rings. The molecule has 2 aromatic rings. The lowest BCUT2D eigenvalue weighted by molar-refractivity contribution is 0.419. The number of ether oxygens (including phenoxy) is 1. The molecule has 0 saturated heterocycles. The van der Waals surface area contributed by atoms with Crippen LogP contribution in [0.15, 0.2) is 22.7 Å². The van der Waals surface area contributed by atoms with Crippen LogP contribution in [0.2, 0.25) is 5.02 Å². The lowest BCUT2D eigenvalue weighted by atomic mass is 10.2. The van der Waals surface area contributed by atoms with Gasteiger partial charge in [-0.05, 0) is 41.1 Å². The molecular formula is C11H9BrClNO. The van der Waals surface area contributed by atoms with Crippen molar-refractivity contribution in [3.63, 3.8) is 0 Å². The van der Waals surface area contributed by atoms with Gasteiger partial charge in [-0.3, -0.25) is 0 Å². The Morgan fingerprint density at radius 2 is 2.13 bits per heavy atom. The third-order valence-electron chi connectivity index (χ3n) is 2.17. The van der Waals surface area contributed by atoms with Crippen LogP contribution in [0.1, 0.15) is 5.69 Å². The molecule has 0 unspecified atom stereocenters. The molecule has 4 heteroatoms. The van der Waals surface area contributed by atoms with E-state index in [0.29, 0.717) is 5.02 Å². The Hall–Kier alpha value is -0.800. The highest BCUT2D eigenvalue weighted by Crippen LogP contribution is 2.35. The van der Waals surface area contributed by atoms with Gasteiger partial charge in [0, 0.05) is 15.6 Å². The Morgan fingerprint density at radius 1 is 1.40 bits per heavy atom. The fourth-order valence-electron chi connectivity index (χ4n) is 1.51. The van der Waals surface area contributed by atoms with E-state index in [1.54, 1.807) is 7.11 Å². The van der Waals surface area contributed by atoms with Gasteiger partial charge in [-0.25, -0.2) is 4.98 Å². The van der Waals surface area contributed by atoms with Crippen molar-refractivity contribution in [2.45, 2.75) is 6.92 Å². The minimum atomic E-state index is 0.671. The van der Waals surface area contributed by atoms with Gasteiger partial charge >= 0.3 is 0 Å². The molecule has 0 N–H and O–H groups in total. The molecule has 0 fully saturated rings. The van der Waals surface area contributed by atoms with Crippen molar-refractivity contribution in [2.24, 2.45) is 0 Å². The van der Waals surface area contributed by atoms with E-state index in [9.17, 15) is 0 Å². The van der Waals surface area contributed by atoms with Gasteiger partial charge in [0.2, 0.25) is 0 Å². The zero-order chi connectivity index (χ0) is 11.0. The van der Waals surface area contributed by atoms with Gasteiger partial charge in [-0.15, -0.1) is 0 Å². The van der Waals surface area contributed by atoms with Gasteiger partial charge in [-0.1, -0.05) is 11.6 Å². The maximum absolute atomic E-state index is 6.12. The molecule has 0 aliphatic carbocycles. The average molecular weight is 287 g/mol. The van der Waals surface area contributed by atoms with Gasteiger partial charge < -0.3 is 4.74 Å². The van der Waals surface area contributed by atoms with Gasteiger partial charge in [0.1, 0.15) is 11.3 Å². The number of benzene rings is 1. The highest BCUT2D eigenvalue weighted by molar-refractivity contribution is 9.10. The van der Waals surface area contributed by atoms with E-state index in [4.69, 9.17) is 16.3 Å². The summed E-state index contributed by atoms with van der Waals surface area (Å²) in [7, 11) is 1.63. The smallest absolute Gasteiger partial charge is 0.145 e. The molecule has 1 aromatic carbocycles. The summed E-state index contributed by atoms with van der Waals surface area (Å²) in [6.07, 6.45) is 0. The first-order valence-electron chi connectivity index (χ1n) is 4.43. The number of rotatable bonds is 1. The fourth-order valence-corrected chi connectivity index (χ4v) is 2.62. The summed E-state index contributed by atoms with van der Waals surface area (Å²) < 4.78 is 6.19. The van der Waals surface area contributed by atoms with Crippen molar-refractivity contribution in [1.82, 2.24) is 4.98 Å². The SMILES string of the molecule is COc1ccc(Cl)c2c(Br)cc(C)nc12. The van der Waals surface area contributed by atoms with Crippen LogP contribution in [0.4, 0.5) is 0 Å². The maximum Gasteiger partial charge on any atom is 0.145 e. The van der Waals surface area contributed by atoms with Gasteiger partial charge in [0.15, 0.2) is 0 Å². The summed E-state index contributed by atoms with van der Waals surface area (Å²) in [4.78, 5) is 4.43. The first-order chi connectivity index (χ1) is 7.13. The Bertz CT molecular complexity index is 527. The number of methoxy groups -OCH3 is 1. The summed E-state index contributed by atoms with van der Waals surface area (Å²) >= 11 is 9.60. The molecule has 15 heavy (non-hydrogen) atoms. The Morgan fingerprint density at radius 3 is 2.80 bits per heavy atom. The molecule has 0 amide bonds. The summed E-state index contributed by atoms with van der Waals surface area (Å²) in [6.45, 7) is 1.94. The van der Waals surface area contributed by atoms with E-state index in [1.807, 2.05) is 25.1 Å². The molecule has 0 bridgehead atoms. The Labute approximate surface area is 101 Å². The second-order valence-corrected chi connectivity index (χ2v) is 4.48. The molecule has 1 aromatic heterocycles. The van der Waals surface area contributed by atoms with Crippen molar-refractivity contribution in [3.8, 4) is 5.75 Å². The first-order valence-corrected chi connectivity index (χ1v) is 5.60. The summed E-state index contributed by atoms with van der Waals surface area (Å²) in [6, 6.07) is 5.57. The van der Waals surface area contributed by atoms with Crippen LogP contribution in [0.5, 0.6) is 5.75 Å². The van der Waals surface area contributed by atoms with Crippen LogP contribution in [-0.4, -0.2) is 12.1 Å². The van der Waals surface area contributed by atoms with Crippen LogP contribution in [-0.2, 0) is 0 Å². The third-order valence-corrected chi connectivity index (χ3v) is 3.11. The highest BCUT2D eigenvalue weighted by atomic mass is 79.9. The molecule has 0 atom stereocenters. The van der Waals surface area contributed by atoms with Crippen molar-refractivity contribution in [3.05, 3.63) is 33.4 Å². The van der Waals surface area contributed by atoms with Gasteiger partial charge in [0.25, 0.3) is 0 Å². The highest BCUT2D eigenvalue weighted by Gasteiger charge is 2.10. The first kappa shape index (κ1) is 10.7. The zero-order valence-electron chi connectivity index (χ0n) is 8.34. The predicted octanol–water partition coefficient (Wildman–Crippen LogP) is 3.97. The number of hydrogen-bond acceptors (Lipinski definition) is 2. The number of hydrogen-bond donors (Lipinski definition) is 0. The quantitative estimate of drug-likeness (QED) is 0.791. The van der Waals surface area contributed by atoms with Crippen LogP contribution < -0.4 is 4.74 Å². The van der Waals surface area contributed by atoms with E-state index >= 15 is 0 Å². The predicted molar refractivity (Wildman–Crippen MR) is 65.7 cm³/mol. The lowest BCUT2D eigenvalue weighted by Gasteiger charge is -2.08. The number of fused-ring (bicyclic) bond motifs is 1. The maximum atomic E-state index is 6.12. The van der Waals surface area contributed by atoms with E-state index in [1.165, 1.54) is 0 Å². The molecule has 0 spiro atoms. The van der Waals surface area contributed by atoms with Crippen LogP contribution in [0.25, 0.3) is 10.9 Å². The Balaban J connectivity index is 2.93. The average Bonchev–Trinajstić information content (AvgIpc) is 2.17. The largest absolute Gasteiger partial charge is 0.494 e. The standard InChI is InChI=1S/C11H9BrClNO/c1-6-5-7(12)10-8(13)3-4-9(15-2)11(10)14-6/h3-5H,1-2H3. The van der Waals surface area contributed by atoms with Crippen LogP contribution in [0.3, 0.4) is 0 Å². The molecular weight excluding hydrogens is 277 g/mol. The third kappa shape index (κ3) is 1.82.